The second-order valence-corrected chi connectivity index (χ2v) is 9.02. The van der Waals surface area contributed by atoms with Gasteiger partial charge >= 0.3 is 0 Å². The van der Waals surface area contributed by atoms with Crippen LogP contribution in [0.5, 0.6) is 0 Å². The van der Waals surface area contributed by atoms with Crippen molar-refractivity contribution in [2.75, 3.05) is 23.4 Å². The van der Waals surface area contributed by atoms with Crippen LogP contribution in [0.15, 0.2) is 18.2 Å². The molecule has 0 bridgehead atoms. The molecule has 4 nitrogen and oxygen atoms in total. The normalized spacial score (nSPS) is 19.5. The molecule has 0 spiro atoms. The van der Waals surface area contributed by atoms with E-state index >= 15 is 0 Å². The number of sulfone groups is 1. The van der Waals surface area contributed by atoms with E-state index in [4.69, 9.17) is 23.8 Å². The maximum atomic E-state index is 11.8. The van der Waals surface area contributed by atoms with E-state index in [0.29, 0.717) is 16.6 Å². The van der Waals surface area contributed by atoms with Gasteiger partial charge in [0.1, 0.15) is 0 Å². The molecule has 1 fully saturated rings. The van der Waals surface area contributed by atoms with E-state index in [9.17, 15) is 8.42 Å². The van der Waals surface area contributed by atoms with Crippen LogP contribution in [-0.2, 0) is 9.84 Å². The van der Waals surface area contributed by atoms with Gasteiger partial charge in [-0.25, -0.2) is 8.42 Å². The average molecular weight is 375 g/mol. The van der Waals surface area contributed by atoms with E-state index in [1.165, 1.54) is 0 Å². The molecule has 1 heterocycles. The number of hydrogen-bond acceptors (Lipinski definition) is 3. The quantitative estimate of drug-likeness (QED) is 0.797. The molecule has 1 aliphatic rings. The fourth-order valence-electron chi connectivity index (χ4n) is 2.67. The Hall–Kier alpha value is -0.850. The predicted molar refractivity (Wildman–Crippen MR) is 101 cm³/mol. The lowest BCUT2D eigenvalue weighted by molar-refractivity contribution is 0.333. The number of thiocarbonyl (C=S) groups is 1. The summed E-state index contributed by atoms with van der Waals surface area (Å²) in [5, 5.41) is 4.45. The Bertz CT molecular complexity index is 677. The Labute approximate surface area is 149 Å². The monoisotopic (exact) mass is 374 g/mol. The molecule has 1 saturated heterocycles. The van der Waals surface area contributed by atoms with E-state index in [0.717, 1.165) is 30.6 Å². The van der Waals surface area contributed by atoms with Crippen LogP contribution in [0.1, 0.15) is 31.7 Å². The van der Waals surface area contributed by atoms with E-state index in [2.05, 4.69) is 12.2 Å². The van der Waals surface area contributed by atoms with Gasteiger partial charge in [0, 0.05) is 23.3 Å². The Balaban J connectivity index is 2.11. The maximum Gasteiger partial charge on any atom is 0.173 e. The lowest BCUT2D eigenvalue weighted by Crippen LogP contribution is -2.44. The van der Waals surface area contributed by atoms with Crippen molar-refractivity contribution in [1.82, 2.24) is 4.90 Å². The summed E-state index contributed by atoms with van der Waals surface area (Å²) >= 11 is 11.7. The smallest absolute Gasteiger partial charge is 0.173 e. The first kappa shape index (κ1) is 18.5. The maximum absolute atomic E-state index is 11.8. The van der Waals surface area contributed by atoms with Crippen molar-refractivity contribution in [3.8, 4) is 0 Å². The first-order valence-corrected chi connectivity index (χ1v) is 10.5. The van der Waals surface area contributed by atoms with Gasteiger partial charge < -0.3 is 10.2 Å². The van der Waals surface area contributed by atoms with Gasteiger partial charge in [0.05, 0.1) is 11.5 Å². The highest BCUT2D eigenvalue weighted by Crippen LogP contribution is 2.23. The third kappa shape index (κ3) is 5.06. The topological polar surface area (TPSA) is 49.4 Å². The standard InChI is InChI=1S/C16H23ClN2O2S2/c1-3-4-8-19(14-7-9-23(20,21)11-14)16(22)18-13-6-5-12(2)15(17)10-13/h5-6,10,14H,3-4,7-9,11H2,1-2H3,(H,18,22)/t14-/m1/s1. The number of nitrogens with zero attached hydrogens (tertiary/aromatic N) is 1. The minimum absolute atomic E-state index is 0.0347. The summed E-state index contributed by atoms with van der Waals surface area (Å²) in [4.78, 5) is 2.02. The molecule has 1 aromatic rings. The highest BCUT2D eigenvalue weighted by molar-refractivity contribution is 7.91. The Morgan fingerprint density at radius 3 is 2.78 bits per heavy atom. The summed E-state index contributed by atoms with van der Waals surface area (Å²) in [6.07, 6.45) is 2.66. The Kier molecular flexibility index (Phi) is 6.28. The van der Waals surface area contributed by atoms with E-state index < -0.39 is 9.84 Å². The molecule has 7 heteroatoms. The van der Waals surface area contributed by atoms with E-state index in [1.54, 1.807) is 0 Å². The molecule has 0 radical (unpaired) electrons. The van der Waals surface area contributed by atoms with Gasteiger partial charge in [-0.05, 0) is 49.7 Å². The van der Waals surface area contributed by atoms with Crippen molar-refractivity contribution < 1.29 is 8.42 Å². The molecule has 0 aliphatic carbocycles. The fourth-order valence-corrected chi connectivity index (χ4v) is 4.93. The van der Waals surface area contributed by atoms with Crippen molar-refractivity contribution in [3.05, 3.63) is 28.8 Å². The Morgan fingerprint density at radius 1 is 1.48 bits per heavy atom. The molecule has 23 heavy (non-hydrogen) atoms. The molecular formula is C16H23ClN2O2S2. The molecule has 1 atom stereocenters. The minimum Gasteiger partial charge on any atom is -0.345 e. The summed E-state index contributed by atoms with van der Waals surface area (Å²) in [6.45, 7) is 4.82. The second-order valence-electron chi connectivity index (χ2n) is 6.00. The van der Waals surface area contributed by atoms with Gasteiger partial charge in [-0.3, -0.25) is 0 Å². The van der Waals surface area contributed by atoms with Crippen molar-refractivity contribution in [2.45, 2.75) is 39.2 Å². The number of unbranched alkanes of at least 4 members (excludes halogenated alkanes) is 1. The van der Waals surface area contributed by atoms with Crippen LogP contribution in [0.3, 0.4) is 0 Å². The molecule has 1 aliphatic heterocycles. The molecule has 1 N–H and O–H groups in total. The Morgan fingerprint density at radius 2 is 2.22 bits per heavy atom. The van der Waals surface area contributed by atoms with E-state index in [-0.39, 0.29) is 17.5 Å². The molecular weight excluding hydrogens is 352 g/mol. The third-order valence-electron chi connectivity index (χ3n) is 4.09. The van der Waals surface area contributed by atoms with Gasteiger partial charge in [0.15, 0.2) is 14.9 Å². The SMILES string of the molecule is CCCCN(C(=S)Nc1ccc(C)c(Cl)c1)[C@@H]1CCS(=O)(=O)C1. The van der Waals surface area contributed by atoms with Crippen LogP contribution in [0.4, 0.5) is 5.69 Å². The third-order valence-corrected chi connectivity index (χ3v) is 6.58. The fraction of sp³-hybridized carbons (Fsp3) is 0.562. The van der Waals surface area contributed by atoms with Crippen molar-refractivity contribution in [3.63, 3.8) is 0 Å². The van der Waals surface area contributed by atoms with Crippen molar-refractivity contribution in [2.24, 2.45) is 0 Å². The molecule has 0 amide bonds. The largest absolute Gasteiger partial charge is 0.345 e. The van der Waals surface area contributed by atoms with Gasteiger partial charge in [-0.2, -0.15) is 0 Å². The van der Waals surface area contributed by atoms with Crippen LogP contribution in [0.2, 0.25) is 5.02 Å². The van der Waals surface area contributed by atoms with E-state index in [1.807, 2.05) is 30.0 Å². The number of benzene rings is 1. The number of anilines is 1. The summed E-state index contributed by atoms with van der Waals surface area (Å²) in [5.74, 6) is 0.437. The van der Waals surface area contributed by atoms with Gasteiger partial charge in [-0.15, -0.1) is 0 Å². The number of halogens is 1. The van der Waals surface area contributed by atoms with Crippen LogP contribution in [-0.4, -0.2) is 42.5 Å². The highest BCUT2D eigenvalue weighted by atomic mass is 35.5. The molecule has 1 aromatic carbocycles. The summed E-state index contributed by atoms with van der Waals surface area (Å²) in [7, 11) is -2.93. The summed E-state index contributed by atoms with van der Waals surface area (Å²) in [6, 6.07) is 5.67. The second kappa shape index (κ2) is 7.81. The number of hydrogen-bond donors (Lipinski definition) is 1. The number of rotatable bonds is 5. The molecule has 128 valence electrons. The van der Waals surface area contributed by atoms with Crippen LogP contribution in [0.25, 0.3) is 0 Å². The lowest BCUT2D eigenvalue weighted by Gasteiger charge is -2.31. The molecule has 0 saturated carbocycles. The summed E-state index contributed by atoms with van der Waals surface area (Å²) < 4.78 is 23.5. The van der Waals surface area contributed by atoms with Crippen molar-refractivity contribution >= 4 is 44.5 Å². The zero-order valence-electron chi connectivity index (χ0n) is 13.5. The lowest BCUT2D eigenvalue weighted by atomic mass is 10.2. The molecule has 0 unspecified atom stereocenters. The van der Waals surface area contributed by atoms with Gasteiger partial charge in [0.2, 0.25) is 0 Å². The molecule has 0 aromatic heterocycles. The minimum atomic E-state index is -2.93. The van der Waals surface area contributed by atoms with Crippen molar-refractivity contribution in [1.29, 1.82) is 0 Å². The molecule has 2 rings (SSSR count). The van der Waals surface area contributed by atoms with Crippen LogP contribution in [0, 0.1) is 6.92 Å². The van der Waals surface area contributed by atoms with Crippen LogP contribution < -0.4 is 5.32 Å². The zero-order valence-corrected chi connectivity index (χ0v) is 15.9. The van der Waals surface area contributed by atoms with Crippen LogP contribution >= 0.6 is 23.8 Å². The first-order valence-electron chi connectivity index (χ1n) is 7.86. The number of nitrogens with one attached hydrogen (secondary N) is 1. The predicted octanol–water partition coefficient (Wildman–Crippen LogP) is 3.63. The first-order chi connectivity index (χ1) is 10.8. The van der Waals surface area contributed by atoms with Gasteiger partial charge in [0.25, 0.3) is 0 Å². The number of aryl methyl sites for hydroxylation is 1. The highest BCUT2D eigenvalue weighted by Gasteiger charge is 2.33. The summed E-state index contributed by atoms with van der Waals surface area (Å²) in [5.41, 5.74) is 1.83. The average Bonchev–Trinajstić information content (AvgIpc) is 2.83. The zero-order chi connectivity index (χ0) is 17.0. The van der Waals surface area contributed by atoms with Gasteiger partial charge in [-0.1, -0.05) is 31.0 Å².